The maximum absolute atomic E-state index is 12.8. The Hall–Kier alpha value is -3.53. The van der Waals surface area contributed by atoms with Crippen LogP contribution in [0.5, 0.6) is 0 Å². The molecule has 3 aromatic carbocycles. The van der Waals surface area contributed by atoms with Crippen molar-refractivity contribution in [3.63, 3.8) is 0 Å². The molecule has 4 atom stereocenters. The molecular formula is C28H25ClN2O6. The average molecular weight is 521 g/mol. The molecule has 1 aliphatic rings. The molecule has 5 rings (SSSR count). The van der Waals surface area contributed by atoms with E-state index in [0.29, 0.717) is 0 Å². The van der Waals surface area contributed by atoms with Gasteiger partial charge in [-0.25, -0.2) is 4.79 Å². The highest BCUT2D eigenvalue weighted by molar-refractivity contribution is 6.30. The smallest absolute Gasteiger partial charge is 0.330 e. The Morgan fingerprint density at radius 3 is 1.84 bits per heavy atom. The van der Waals surface area contributed by atoms with Crippen LogP contribution in [-0.4, -0.2) is 44.7 Å². The second kappa shape index (κ2) is 10.5. The van der Waals surface area contributed by atoms with Crippen molar-refractivity contribution in [1.29, 1.82) is 0 Å². The van der Waals surface area contributed by atoms with E-state index in [1.807, 2.05) is 91.0 Å². The number of nitrogens with zero attached hydrogens (tertiary/aromatic N) is 1. The second-order valence-electron chi connectivity index (χ2n) is 8.74. The van der Waals surface area contributed by atoms with Crippen LogP contribution in [0.3, 0.4) is 0 Å². The molecule has 1 aliphatic heterocycles. The molecule has 1 saturated heterocycles. The van der Waals surface area contributed by atoms with Crippen molar-refractivity contribution in [1.82, 2.24) is 9.55 Å². The lowest BCUT2D eigenvalue weighted by molar-refractivity contribution is -0.124. The van der Waals surface area contributed by atoms with Crippen LogP contribution in [-0.2, 0) is 15.1 Å². The third-order valence-corrected chi connectivity index (χ3v) is 6.81. The predicted molar refractivity (Wildman–Crippen MR) is 137 cm³/mol. The van der Waals surface area contributed by atoms with E-state index < -0.39 is 48.0 Å². The van der Waals surface area contributed by atoms with Gasteiger partial charge >= 0.3 is 5.69 Å². The van der Waals surface area contributed by atoms with E-state index in [0.717, 1.165) is 27.5 Å². The number of halogens is 1. The summed E-state index contributed by atoms with van der Waals surface area (Å²) in [5.74, 6) is 0. The SMILES string of the molecule is O=c1[nH]c(=O)n([C@@H]2O[C@H](CO)[C@@H](O)[C@H]2OC(c2ccccc2)(c2ccccc2)c2ccccc2)cc1Cl. The zero-order valence-electron chi connectivity index (χ0n) is 19.6. The van der Waals surface area contributed by atoms with Crippen molar-refractivity contribution >= 4 is 11.6 Å². The summed E-state index contributed by atoms with van der Waals surface area (Å²) < 4.78 is 13.9. The fourth-order valence-corrected chi connectivity index (χ4v) is 4.95. The maximum atomic E-state index is 12.8. The van der Waals surface area contributed by atoms with Gasteiger partial charge in [-0.2, -0.15) is 0 Å². The molecule has 4 aromatic rings. The first-order valence-electron chi connectivity index (χ1n) is 11.8. The number of aliphatic hydroxyl groups is 2. The number of aromatic amines is 1. The molecule has 1 aromatic heterocycles. The molecule has 0 saturated carbocycles. The molecule has 1 fully saturated rings. The van der Waals surface area contributed by atoms with E-state index in [1.165, 1.54) is 0 Å². The minimum Gasteiger partial charge on any atom is -0.394 e. The maximum Gasteiger partial charge on any atom is 0.330 e. The van der Waals surface area contributed by atoms with Gasteiger partial charge < -0.3 is 19.7 Å². The first-order valence-corrected chi connectivity index (χ1v) is 12.1. The number of nitrogens with one attached hydrogen (secondary N) is 1. The summed E-state index contributed by atoms with van der Waals surface area (Å²) in [7, 11) is 0. The van der Waals surface area contributed by atoms with Gasteiger partial charge in [-0.3, -0.25) is 14.3 Å². The fraction of sp³-hybridized carbons (Fsp3) is 0.214. The summed E-state index contributed by atoms with van der Waals surface area (Å²) in [5, 5.41) is 21.0. The third-order valence-electron chi connectivity index (χ3n) is 6.55. The lowest BCUT2D eigenvalue weighted by Gasteiger charge is -2.40. The van der Waals surface area contributed by atoms with Crippen LogP contribution >= 0.6 is 11.6 Å². The van der Waals surface area contributed by atoms with E-state index in [-0.39, 0.29) is 5.02 Å². The molecule has 37 heavy (non-hydrogen) atoms. The number of hydrogen-bond acceptors (Lipinski definition) is 6. The van der Waals surface area contributed by atoms with Crippen LogP contribution in [0.1, 0.15) is 22.9 Å². The van der Waals surface area contributed by atoms with Crippen LogP contribution in [0.25, 0.3) is 0 Å². The first-order chi connectivity index (χ1) is 18.0. The number of benzene rings is 3. The van der Waals surface area contributed by atoms with Crippen LogP contribution < -0.4 is 11.2 Å². The number of ether oxygens (including phenoxy) is 2. The van der Waals surface area contributed by atoms with Crippen LogP contribution in [0.4, 0.5) is 0 Å². The van der Waals surface area contributed by atoms with Crippen molar-refractivity contribution < 1.29 is 19.7 Å². The molecule has 9 heteroatoms. The third kappa shape index (κ3) is 4.54. The zero-order chi connectivity index (χ0) is 26.0. The summed E-state index contributed by atoms with van der Waals surface area (Å²) in [6, 6.07) is 28.5. The number of rotatable bonds is 7. The number of aliphatic hydroxyl groups excluding tert-OH is 2. The van der Waals surface area contributed by atoms with Gasteiger partial charge in [0.15, 0.2) is 6.23 Å². The monoisotopic (exact) mass is 520 g/mol. The summed E-state index contributed by atoms with van der Waals surface area (Å²) in [6.07, 6.45) is -3.58. The Kier molecular flexibility index (Phi) is 7.10. The number of aromatic nitrogens is 2. The van der Waals surface area contributed by atoms with Gasteiger partial charge in [0.2, 0.25) is 0 Å². The number of hydrogen-bond donors (Lipinski definition) is 3. The number of H-pyrrole nitrogens is 1. The highest BCUT2D eigenvalue weighted by Crippen LogP contribution is 2.45. The Labute approximate surface area is 217 Å². The van der Waals surface area contributed by atoms with E-state index in [2.05, 4.69) is 4.98 Å². The summed E-state index contributed by atoms with van der Waals surface area (Å²) >= 11 is 6.03. The van der Waals surface area contributed by atoms with Gasteiger partial charge in [-0.1, -0.05) is 103 Å². The second-order valence-corrected chi connectivity index (χ2v) is 9.15. The highest BCUT2D eigenvalue weighted by Gasteiger charge is 2.51. The molecule has 0 amide bonds. The molecule has 0 unspecified atom stereocenters. The van der Waals surface area contributed by atoms with Gasteiger partial charge in [0.1, 0.15) is 28.9 Å². The van der Waals surface area contributed by atoms with Gasteiger partial charge in [0.05, 0.1) is 6.61 Å². The Bertz CT molecular complexity index is 1360. The Morgan fingerprint density at radius 1 is 0.892 bits per heavy atom. The molecule has 0 radical (unpaired) electrons. The minimum atomic E-state index is -1.32. The average Bonchev–Trinajstić information content (AvgIpc) is 3.25. The Morgan fingerprint density at radius 2 is 1.38 bits per heavy atom. The van der Waals surface area contributed by atoms with E-state index >= 15 is 0 Å². The van der Waals surface area contributed by atoms with Crippen LogP contribution in [0, 0.1) is 0 Å². The largest absolute Gasteiger partial charge is 0.394 e. The molecule has 0 aliphatic carbocycles. The molecular weight excluding hydrogens is 496 g/mol. The van der Waals surface area contributed by atoms with E-state index in [1.54, 1.807) is 0 Å². The van der Waals surface area contributed by atoms with Crippen molar-refractivity contribution in [2.24, 2.45) is 0 Å². The molecule has 2 heterocycles. The summed E-state index contributed by atoms with van der Waals surface area (Å²) in [5.41, 5.74) is -0.446. The lowest BCUT2D eigenvalue weighted by Crippen LogP contribution is -2.45. The van der Waals surface area contributed by atoms with Crippen LogP contribution in [0.2, 0.25) is 5.02 Å². The minimum absolute atomic E-state index is 0.232. The fourth-order valence-electron chi connectivity index (χ4n) is 4.80. The van der Waals surface area contributed by atoms with Gasteiger partial charge in [0, 0.05) is 6.20 Å². The predicted octanol–water partition coefficient (Wildman–Crippen LogP) is 2.82. The molecule has 0 bridgehead atoms. The van der Waals surface area contributed by atoms with Crippen molar-refractivity contribution in [3.8, 4) is 0 Å². The zero-order valence-corrected chi connectivity index (χ0v) is 20.4. The van der Waals surface area contributed by atoms with Gasteiger partial charge in [-0.15, -0.1) is 0 Å². The standard InChI is InChI=1S/C28H25ClN2O6/c29-21-16-31(27(35)30-25(21)34)26-24(23(33)22(17-32)36-26)37-28(18-10-4-1-5-11-18,19-12-6-2-7-13-19)20-14-8-3-9-15-20/h1-16,22-24,26,32-33H,17H2,(H,30,34,35)/t22-,23-,24-,26-/m1/s1. The van der Waals surface area contributed by atoms with Gasteiger partial charge in [0.25, 0.3) is 5.56 Å². The van der Waals surface area contributed by atoms with E-state index in [9.17, 15) is 19.8 Å². The quantitative estimate of drug-likeness (QED) is 0.323. The topological polar surface area (TPSA) is 114 Å². The lowest BCUT2D eigenvalue weighted by atomic mass is 9.79. The highest BCUT2D eigenvalue weighted by atomic mass is 35.5. The van der Waals surface area contributed by atoms with E-state index in [4.69, 9.17) is 21.1 Å². The molecule has 3 N–H and O–H groups in total. The normalized spacial score (nSPS) is 21.7. The summed E-state index contributed by atoms with van der Waals surface area (Å²) in [4.78, 5) is 26.8. The van der Waals surface area contributed by atoms with Crippen molar-refractivity contribution in [3.05, 3.63) is 140 Å². The Balaban J connectivity index is 1.74. The summed E-state index contributed by atoms with van der Waals surface area (Å²) in [6.45, 7) is -0.516. The van der Waals surface area contributed by atoms with Crippen LogP contribution in [0.15, 0.2) is 107 Å². The first kappa shape index (κ1) is 25.1. The van der Waals surface area contributed by atoms with Crippen molar-refractivity contribution in [2.75, 3.05) is 6.61 Å². The molecule has 190 valence electrons. The molecule has 0 spiro atoms. The molecule has 8 nitrogen and oxygen atoms in total. The van der Waals surface area contributed by atoms with Gasteiger partial charge in [-0.05, 0) is 16.7 Å². The van der Waals surface area contributed by atoms with Crippen molar-refractivity contribution in [2.45, 2.75) is 30.1 Å².